The molecule has 110 valence electrons. The van der Waals surface area contributed by atoms with Gasteiger partial charge in [-0.15, -0.1) is 0 Å². The second kappa shape index (κ2) is 6.21. The Morgan fingerprint density at radius 1 is 1.24 bits per heavy atom. The maximum atomic E-state index is 10.6. The average Bonchev–Trinajstić information content (AvgIpc) is 2.50. The Balaban J connectivity index is 1.79. The van der Waals surface area contributed by atoms with Crippen molar-refractivity contribution in [3.8, 4) is 0 Å². The first-order valence-corrected chi connectivity index (χ1v) is 8.05. The second-order valence-corrected chi connectivity index (χ2v) is 6.46. The first-order valence-electron chi connectivity index (χ1n) is 7.67. The number of aliphatic hydroxyl groups is 1. The van der Waals surface area contributed by atoms with E-state index in [4.69, 9.17) is 11.6 Å². The van der Waals surface area contributed by atoms with Crippen molar-refractivity contribution in [3.05, 3.63) is 69.7 Å². The van der Waals surface area contributed by atoms with Crippen molar-refractivity contribution in [3.63, 3.8) is 0 Å². The third-order valence-corrected chi connectivity index (χ3v) is 4.99. The number of halogens is 1. The monoisotopic (exact) mass is 300 g/mol. The minimum Gasteiger partial charge on any atom is -0.388 e. The zero-order chi connectivity index (χ0) is 14.8. The number of aryl methyl sites for hydroxylation is 2. The van der Waals surface area contributed by atoms with E-state index in [0.29, 0.717) is 5.92 Å². The molecule has 0 amide bonds. The number of hydrogen-bond donors (Lipinski definition) is 1. The first kappa shape index (κ1) is 14.6. The summed E-state index contributed by atoms with van der Waals surface area (Å²) in [5.74, 6) is 0.459. The van der Waals surface area contributed by atoms with Gasteiger partial charge in [0.25, 0.3) is 0 Å². The normalized spacial score (nSPS) is 19.1. The summed E-state index contributed by atoms with van der Waals surface area (Å²) in [4.78, 5) is 0. The fourth-order valence-electron chi connectivity index (χ4n) is 3.38. The van der Waals surface area contributed by atoms with Crippen molar-refractivity contribution in [2.75, 3.05) is 0 Å². The van der Waals surface area contributed by atoms with Gasteiger partial charge in [-0.25, -0.2) is 0 Å². The SMILES string of the molecule is Cc1cc(C(O)CC2CCCc3ccccc32)ccc1Cl. The van der Waals surface area contributed by atoms with Crippen LogP contribution in [0.1, 0.15) is 53.5 Å². The number of rotatable bonds is 3. The fraction of sp³-hybridized carbons (Fsp3) is 0.368. The van der Waals surface area contributed by atoms with Gasteiger partial charge in [-0.1, -0.05) is 48.0 Å². The first-order chi connectivity index (χ1) is 10.1. The van der Waals surface area contributed by atoms with Gasteiger partial charge in [0.2, 0.25) is 0 Å². The maximum absolute atomic E-state index is 10.6. The summed E-state index contributed by atoms with van der Waals surface area (Å²) in [6.07, 6.45) is 3.92. The standard InChI is InChI=1S/C19H21ClO/c1-13-11-16(9-10-18(13)20)19(21)12-15-7-4-6-14-5-2-3-8-17(14)15/h2-3,5,8-11,15,19,21H,4,6-7,12H2,1H3. The van der Waals surface area contributed by atoms with Gasteiger partial charge < -0.3 is 5.11 Å². The van der Waals surface area contributed by atoms with Gasteiger partial charge in [0.1, 0.15) is 0 Å². The highest BCUT2D eigenvalue weighted by Crippen LogP contribution is 2.38. The summed E-state index contributed by atoms with van der Waals surface area (Å²) >= 11 is 6.06. The van der Waals surface area contributed by atoms with E-state index in [1.807, 2.05) is 25.1 Å². The molecule has 2 atom stereocenters. The van der Waals surface area contributed by atoms with Crippen LogP contribution < -0.4 is 0 Å². The largest absolute Gasteiger partial charge is 0.388 e. The predicted octanol–water partition coefficient (Wildman–Crippen LogP) is 5.19. The van der Waals surface area contributed by atoms with Crippen LogP contribution in [0.2, 0.25) is 5.02 Å². The van der Waals surface area contributed by atoms with Gasteiger partial charge in [0.15, 0.2) is 0 Å². The van der Waals surface area contributed by atoms with E-state index >= 15 is 0 Å². The van der Waals surface area contributed by atoms with E-state index in [2.05, 4.69) is 24.3 Å². The molecule has 1 N–H and O–H groups in total. The van der Waals surface area contributed by atoms with Gasteiger partial charge in [-0.05, 0) is 66.8 Å². The predicted molar refractivity (Wildman–Crippen MR) is 87.9 cm³/mol. The third-order valence-electron chi connectivity index (χ3n) is 4.57. The lowest BCUT2D eigenvalue weighted by molar-refractivity contribution is 0.154. The fourth-order valence-corrected chi connectivity index (χ4v) is 3.50. The van der Waals surface area contributed by atoms with Gasteiger partial charge >= 0.3 is 0 Å². The number of aliphatic hydroxyl groups excluding tert-OH is 1. The minimum atomic E-state index is -0.419. The Bertz CT molecular complexity index is 635. The Labute approximate surface area is 131 Å². The minimum absolute atomic E-state index is 0.419. The van der Waals surface area contributed by atoms with Crippen molar-refractivity contribution in [2.45, 2.75) is 44.6 Å². The van der Waals surface area contributed by atoms with E-state index in [0.717, 1.165) is 22.6 Å². The van der Waals surface area contributed by atoms with Crippen molar-refractivity contribution < 1.29 is 5.11 Å². The molecular weight excluding hydrogens is 280 g/mol. The highest BCUT2D eigenvalue weighted by molar-refractivity contribution is 6.31. The molecule has 2 aromatic rings. The van der Waals surface area contributed by atoms with Gasteiger partial charge in [0, 0.05) is 5.02 Å². The summed E-state index contributed by atoms with van der Waals surface area (Å²) in [6, 6.07) is 14.5. The van der Waals surface area contributed by atoms with Crippen LogP contribution >= 0.6 is 11.6 Å². The molecule has 0 saturated carbocycles. The molecule has 0 spiro atoms. The zero-order valence-electron chi connectivity index (χ0n) is 12.3. The van der Waals surface area contributed by atoms with Gasteiger partial charge in [-0.3, -0.25) is 0 Å². The van der Waals surface area contributed by atoms with E-state index in [9.17, 15) is 5.11 Å². The molecule has 0 saturated heterocycles. The third kappa shape index (κ3) is 3.14. The quantitative estimate of drug-likeness (QED) is 0.827. The molecular formula is C19H21ClO. The molecule has 0 aliphatic heterocycles. The number of fused-ring (bicyclic) bond motifs is 1. The zero-order valence-corrected chi connectivity index (χ0v) is 13.1. The molecule has 2 unspecified atom stereocenters. The van der Waals surface area contributed by atoms with Crippen LogP contribution in [0.5, 0.6) is 0 Å². The molecule has 0 fully saturated rings. The number of hydrogen-bond acceptors (Lipinski definition) is 1. The molecule has 2 heteroatoms. The second-order valence-electron chi connectivity index (χ2n) is 6.05. The summed E-state index contributed by atoms with van der Waals surface area (Å²) in [5, 5.41) is 11.3. The van der Waals surface area contributed by atoms with Crippen molar-refractivity contribution in [2.24, 2.45) is 0 Å². The molecule has 0 radical (unpaired) electrons. The molecule has 3 rings (SSSR count). The smallest absolute Gasteiger partial charge is 0.0796 e. The maximum Gasteiger partial charge on any atom is 0.0796 e. The Morgan fingerprint density at radius 2 is 2.05 bits per heavy atom. The number of benzene rings is 2. The molecule has 1 aliphatic carbocycles. The summed E-state index contributed by atoms with van der Waals surface area (Å²) in [7, 11) is 0. The van der Waals surface area contributed by atoms with Crippen LogP contribution in [0, 0.1) is 6.92 Å². The lowest BCUT2D eigenvalue weighted by Crippen LogP contribution is -2.13. The summed E-state index contributed by atoms with van der Waals surface area (Å²) < 4.78 is 0. The van der Waals surface area contributed by atoms with Crippen LogP contribution in [0.3, 0.4) is 0 Å². The van der Waals surface area contributed by atoms with E-state index in [1.54, 1.807) is 0 Å². The van der Waals surface area contributed by atoms with Crippen molar-refractivity contribution in [1.82, 2.24) is 0 Å². The van der Waals surface area contributed by atoms with Gasteiger partial charge in [0.05, 0.1) is 6.10 Å². The summed E-state index contributed by atoms with van der Waals surface area (Å²) in [6.45, 7) is 1.98. The molecule has 1 aliphatic rings. The topological polar surface area (TPSA) is 20.2 Å². The van der Waals surface area contributed by atoms with E-state index in [-0.39, 0.29) is 0 Å². The molecule has 0 bridgehead atoms. The molecule has 0 heterocycles. The van der Waals surface area contributed by atoms with Crippen molar-refractivity contribution in [1.29, 1.82) is 0 Å². The van der Waals surface area contributed by atoms with Crippen molar-refractivity contribution >= 4 is 11.6 Å². The lowest BCUT2D eigenvalue weighted by atomic mass is 9.79. The molecule has 1 nitrogen and oxygen atoms in total. The van der Waals surface area contributed by atoms with Crippen LogP contribution in [0.4, 0.5) is 0 Å². The lowest BCUT2D eigenvalue weighted by Gasteiger charge is -2.27. The Morgan fingerprint density at radius 3 is 2.86 bits per heavy atom. The van der Waals surface area contributed by atoms with E-state index in [1.165, 1.54) is 30.4 Å². The van der Waals surface area contributed by atoms with Crippen LogP contribution in [-0.4, -0.2) is 5.11 Å². The van der Waals surface area contributed by atoms with Crippen LogP contribution in [0.15, 0.2) is 42.5 Å². The highest BCUT2D eigenvalue weighted by Gasteiger charge is 2.23. The Hall–Kier alpha value is -1.31. The molecule has 0 aromatic heterocycles. The highest BCUT2D eigenvalue weighted by atomic mass is 35.5. The summed E-state index contributed by atoms with van der Waals surface area (Å²) in [5.41, 5.74) is 4.87. The van der Waals surface area contributed by atoms with Crippen LogP contribution in [-0.2, 0) is 6.42 Å². The molecule has 21 heavy (non-hydrogen) atoms. The average molecular weight is 301 g/mol. The van der Waals surface area contributed by atoms with Crippen LogP contribution in [0.25, 0.3) is 0 Å². The van der Waals surface area contributed by atoms with Gasteiger partial charge in [-0.2, -0.15) is 0 Å². The van der Waals surface area contributed by atoms with E-state index < -0.39 is 6.10 Å². The molecule has 2 aromatic carbocycles. The Kier molecular flexibility index (Phi) is 4.32.